The molecule has 0 bridgehead atoms. The molecule has 0 saturated heterocycles. The summed E-state index contributed by atoms with van der Waals surface area (Å²) in [5, 5.41) is 6.46. The van der Waals surface area contributed by atoms with Crippen LogP contribution >= 0.6 is 0 Å². The predicted octanol–water partition coefficient (Wildman–Crippen LogP) is 2.76. The molecule has 1 aromatic heterocycles. The standard InChI is InChI=1S/C18H14FN3O3/c19-15-4-2-1-3-14(15)16-9-13(22-25-16)10-17(23)21-12-7-5-11(6-8-12)18(20)24/h1-9H,10H2,(H2,20,24)(H,21,23). The first-order valence-electron chi connectivity index (χ1n) is 7.43. The lowest BCUT2D eigenvalue weighted by Crippen LogP contribution is -2.15. The van der Waals surface area contributed by atoms with Gasteiger partial charge in [0.2, 0.25) is 11.8 Å². The Morgan fingerprint density at radius 3 is 2.52 bits per heavy atom. The number of hydrogen-bond acceptors (Lipinski definition) is 4. The van der Waals surface area contributed by atoms with Crippen molar-refractivity contribution in [3.05, 3.63) is 71.7 Å². The molecule has 126 valence electrons. The highest BCUT2D eigenvalue weighted by Gasteiger charge is 2.13. The predicted molar refractivity (Wildman–Crippen MR) is 89.2 cm³/mol. The highest BCUT2D eigenvalue weighted by molar-refractivity contribution is 5.95. The second-order valence-electron chi connectivity index (χ2n) is 5.33. The first-order valence-corrected chi connectivity index (χ1v) is 7.43. The minimum Gasteiger partial charge on any atom is -0.366 e. The molecular formula is C18H14FN3O3. The van der Waals surface area contributed by atoms with E-state index in [1.165, 1.54) is 24.3 Å². The summed E-state index contributed by atoms with van der Waals surface area (Å²) in [5.41, 5.74) is 6.69. The molecule has 3 N–H and O–H groups in total. The van der Waals surface area contributed by atoms with Gasteiger partial charge in [-0.25, -0.2) is 4.39 Å². The van der Waals surface area contributed by atoms with Gasteiger partial charge in [-0.3, -0.25) is 9.59 Å². The van der Waals surface area contributed by atoms with Crippen molar-refractivity contribution in [3.63, 3.8) is 0 Å². The number of carbonyl (C=O) groups is 2. The number of amides is 2. The number of aromatic nitrogens is 1. The van der Waals surface area contributed by atoms with Crippen LogP contribution in [0.25, 0.3) is 11.3 Å². The summed E-state index contributed by atoms with van der Waals surface area (Å²) in [5.74, 6) is -1.03. The fourth-order valence-corrected chi connectivity index (χ4v) is 2.27. The molecule has 0 atom stereocenters. The van der Waals surface area contributed by atoms with E-state index in [0.717, 1.165) is 0 Å². The average Bonchev–Trinajstić information content (AvgIpc) is 3.03. The van der Waals surface area contributed by atoms with Crippen LogP contribution in [-0.4, -0.2) is 17.0 Å². The van der Waals surface area contributed by atoms with Crippen LogP contribution in [0.2, 0.25) is 0 Å². The Morgan fingerprint density at radius 2 is 1.84 bits per heavy atom. The topological polar surface area (TPSA) is 98.2 Å². The molecule has 0 radical (unpaired) electrons. The van der Waals surface area contributed by atoms with Gasteiger partial charge in [-0.05, 0) is 36.4 Å². The Hall–Kier alpha value is -3.48. The zero-order valence-corrected chi connectivity index (χ0v) is 13.0. The highest BCUT2D eigenvalue weighted by Crippen LogP contribution is 2.23. The number of primary amides is 1. The van der Waals surface area contributed by atoms with Gasteiger partial charge in [-0.1, -0.05) is 17.3 Å². The van der Waals surface area contributed by atoms with E-state index in [-0.39, 0.29) is 23.7 Å². The van der Waals surface area contributed by atoms with Crippen molar-refractivity contribution in [1.29, 1.82) is 0 Å². The number of nitrogens with two attached hydrogens (primary N) is 1. The summed E-state index contributed by atoms with van der Waals surface area (Å²) in [4.78, 5) is 23.1. The number of halogens is 1. The molecule has 3 rings (SSSR count). The van der Waals surface area contributed by atoms with Crippen LogP contribution in [0, 0.1) is 5.82 Å². The molecule has 0 aliphatic rings. The Labute approximate surface area is 142 Å². The SMILES string of the molecule is NC(=O)c1ccc(NC(=O)Cc2cc(-c3ccccc3F)on2)cc1. The Kier molecular flexibility index (Phi) is 4.56. The molecule has 2 amide bonds. The Balaban J connectivity index is 1.66. The molecule has 0 aliphatic heterocycles. The van der Waals surface area contributed by atoms with E-state index in [0.29, 0.717) is 16.9 Å². The van der Waals surface area contributed by atoms with Crippen molar-refractivity contribution in [1.82, 2.24) is 5.16 Å². The second-order valence-corrected chi connectivity index (χ2v) is 5.33. The van der Waals surface area contributed by atoms with E-state index in [1.54, 1.807) is 30.3 Å². The molecule has 7 heteroatoms. The van der Waals surface area contributed by atoms with Gasteiger partial charge in [0.05, 0.1) is 17.7 Å². The van der Waals surface area contributed by atoms with E-state index < -0.39 is 11.7 Å². The van der Waals surface area contributed by atoms with Crippen LogP contribution in [0.4, 0.5) is 10.1 Å². The fraction of sp³-hybridized carbons (Fsp3) is 0.0556. The maximum atomic E-state index is 13.7. The zero-order valence-electron chi connectivity index (χ0n) is 13.0. The zero-order chi connectivity index (χ0) is 17.8. The van der Waals surface area contributed by atoms with E-state index in [4.69, 9.17) is 10.3 Å². The lowest BCUT2D eigenvalue weighted by molar-refractivity contribution is -0.115. The van der Waals surface area contributed by atoms with Crippen molar-refractivity contribution >= 4 is 17.5 Å². The van der Waals surface area contributed by atoms with Gasteiger partial charge in [0.15, 0.2) is 5.76 Å². The smallest absolute Gasteiger partial charge is 0.248 e. The molecule has 1 heterocycles. The summed E-state index contributed by atoms with van der Waals surface area (Å²) < 4.78 is 18.8. The van der Waals surface area contributed by atoms with E-state index in [1.807, 2.05) is 0 Å². The first-order chi connectivity index (χ1) is 12.0. The third-order valence-electron chi connectivity index (χ3n) is 3.49. The lowest BCUT2D eigenvalue weighted by atomic mass is 10.1. The number of anilines is 1. The van der Waals surface area contributed by atoms with Crippen LogP contribution < -0.4 is 11.1 Å². The van der Waals surface area contributed by atoms with Gasteiger partial charge in [0.25, 0.3) is 0 Å². The molecule has 0 spiro atoms. The van der Waals surface area contributed by atoms with Gasteiger partial charge in [-0.15, -0.1) is 0 Å². The average molecular weight is 339 g/mol. The van der Waals surface area contributed by atoms with Crippen LogP contribution in [0.1, 0.15) is 16.1 Å². The third kappa shape index (κ3) is 3.89. The largest absolute Gasteiger partial charge is 0.366 e. The maximum absolute atomic E-state index is 13.7. The number of carbonyl (C=O) groups excluding carboxylic acids is 2. The normalized spacial score (nSPS) is 10.4. The highest BCUT2D eigenvalue weighted by atomic mass is 19.1. The third-order valence-corrected chi connectivity index (χ3v) is 3.49. The number of nitrogens with one attached hydrogen (secondary N) is 1. The summed E-state index contributed by atoms with van der Waals surface area (Å²) in [6, 6.07) is 13.9. The van der Waals surface area contributed by atoms with Crippen molar-refractivity contribution in [2.24, 2.45) is 5.73 Å². The van der Waals surface area contributed by atoms with Crippen LogP contribution in [0.3, 0.4) is 0 Å². The summed E-state index contributed by atoms with van der Waals surface area (Å²) in [7, 11) is 0. The number of nitrogens with zero attached hydrogens (tertiary/aromatic N) is 1. The maximum Gasteiger partial charge on any atom is 0.248 e. The van der Waals surface area contributed by atoms with Crippen molar-refractivity contribution in [3.8, 4) is 11.3 Å². The lowest BCUT2D eigenvalue weighted by Gasteiger charge is -2.04. The van der Waals surface area contributed by atoms with Gasteiger partial charge >= 0.3 is 0 Å². The molecular weight excluding hydrogens is 325 g/mol. The number of benzene rings is 2. The van der Waals surface area contributed by atoms with Crippen LogP contribution in [0.5, 0.6) is 0 Å². The van der Waals surface area contributed by atoms with Gasteiger partial charge in [0.1, 0.15) is 5.82 Å². The van der Waals surface area contributed by atoms with Gasteiger partial charge in [0, 0.05) is 17.3 Å². The van der Waals surface area contributed by atoms with Crippen molar-refractivity contribution in [2.45, 2.75) is 6.42 Å². The van der Waals surface area contributed by atoms with E-state index in [9.17, 15) is 14.0 Å². The van der Waals surface area contributed by atoms with Gasteiger partial charge < -0.3 is 15.6 Å². The molecule has 0 aliphatic carbocycles. The molecule has 0 fully saturated rings. The minimum absolute atomic E-state index is 0.0322. The first kappa shape index (κ1) is 16.4. The summed E-state index contributed by atoms with van der Waals surface area (Å²) in [6.07, 6.45) is -0.0322. The molecule has 6 nitrogen and oxygen atoms in total. The van der Waals surface area contributed by atoms with Crippen LogP contribution in [0.15, 0.2) is 59.1 Å². The minimum atomic E-state index is -0.541. The Morgan fingerprint density at radius 1 is 1.12 bits per heavy atom. The van der Waals surface area contributed by atoms with Gasteiger partial charge in [-0.2, -0.15) is 0 Å². The molecule has 2 aromatic carbocycles. The Bertz CT molecular complexity index is 919. The van der Waals surface area contributed by atoms with E-state index >= 15 is 0 Å². The number of rotatable bonds is 5. The monoisotopic (exact) mass is 339 g/mol. The summed E-state index contributed by atoms with van der Waals surface area (Å²) >= 11 is 0. The quantitative estimate of drug-likeness (QED) is 0.747. The van der Waals surface area contributed by atoms with Crippen LogP contribution in [-0.2, 0) is 11.2 Å². The van der Waals surface area contributed by atoms with E-state index in [2.05, 4.69) is 10.5 Å². The van der Waals surface area contributed by atoms with Crippen molar-refractivity contribution in [2.75, 3.05) is 5.32 Å². The van der Waals surface area contributed by atoms with Crippen molar-refractivity contribution < 1.29 is 18.5 Å². The number of hydrogen-bond donors (Lipinski definition) is 2. The second kappa shape index (κ2) is 6.96. The molecule has 0 unspecified atom stereocenters. The molecule has 0 saturated carbocycles. The molecule has 3 aromatic rings. The molecule has 25 heavy (non-hydrogen) atoms. The fourth-order valence-electron chi connectivity index (χ4n) is 2.27. The summed E-state index contributed by atoms with van der Waals surface area (Å²) in [6.45, 7) is 0.